The quantitative estimate of drug-likeness (QED) is 0.869. The lowest BCUT2D eigenvalue weighted by Crippen LogP contribution is -2.35. The molecule has 2 aromatic rings. The molecule has 1 fully saturated rings. The van der Waals surface area contributed by atoms with Crippen molar-refractivity contribution in [1.82, 2.24) is 14.7 Å². The van der Waals surface area contributed by atoms with E-state index in [0.717, 1.165) is 55.6 Å². The minimum absolute atomic E-state index is 0.542. The molecule has 1 aliphatic heterocycles. The second kappa shape index (κ2) is 6.34. The molecule has 4 nitrogen and oxygen atoms in total. The van der Waals surface area contributed by atoms with Crippen LogP contribution in [0.1, 0.15) is 19.5 Å². The van der Waals surface area contributed by atoms with Crippen LogP contribution >= 0.6 is 11.6 Å². The topological polar surface area (TPSA) is 30.3 Å². The Hall–Kier alpha value is -1.10. The first-order valence-corrected chi connectivity index (χ1v) is 7.97. The van der Waals surface area contributed by atoms with Crippen molar-refractivity contribution in [1.29, 1.82) is 0 Å². The zero-order valence-electron chi connectivity index (χ0n) is 12.7. The molecular formula is C16H22ClN3O. The molecule has 0 saturated carbocycles. The lowest BCUT2D eigenvalue weighted by atomic mass is 10.2. The van der Waals surface area contributed by atoms with Crippen LogP contribution < -0.4 is 0 Å². The second-order valence-corrected chi connectivity index (χ2v) is 6.45. The van der Waals surface area contributed by atoms with Crippen molar-refractivity contribution in [3.05, 3.63) is 28.9 Å². The molecule has 0 amide bonds. The van der Waals surface area contributed by atoms with E-state index in [0.29, 0.717) is 5.92 Å². The number of rotatable bonds is 4. The largest absolute Gasteiger partial charge is 0.379 e. The maximum atomic E-state index is 6.41. The molecule has 5 heteroatoms. The zero-order chi connectivity index (χ0) is 14.8. The molecule has 2 heterocycles. The molecule has 3 rings (SSSR count). The van der Waals surface area contributed by atoms with Crippen LogP contribution in [0.5, 0.6) is 0 Å². The molecule has 114 valence electrons. The molecule has 0 unspecified atom stereocenters. The second-order valence-electron chi connectivity index (χ2n) is 6.05. The van der Waals surface area contributed by atoms with Crippen LogP contribution in [-0.4, -0.2) is 41.0 Å². The van der Waals surface area contributed by atoms with Crippen molar-refractivity contribution in [2.24, 2.45) is 5.92 Å². The first-order chi connectivity index (χ1) is 10.1. The summed E-state index contributed by atoms with van der Waals surface area (Å²) in [5.41, 5.74) is 2.19. The van der Waals surface area contributed by atoms with Crippen molar-refractivity contribution in [2.45, 2.75) is 26.9 Å². The Morgan fingerprint density at radius 1 is 1.29 bits per heavy atom. The number of hydrogen-bond acceptors (Lipinski definition) is 3. The van der Waals surface area contributed by atoms with Crippen molar-refractivity contribution in [3.63, 3.8) is 0 Å². The highest BCUT2D eigenvalue weighted by molar-refractivity contribution is 6.35. The highest BCUT2D eigenvalue weighted by Crippen LogP contribution is 2.27. The number of fused-ring (bicyclic) bond motifs is 1. The van der Waals surface area contributed by atoms with Gasteiger partial charge in [0.25, 0.3) is 0 Å². The average molecular weight is 308 g/mol. The lowest BCUT2D eigenvalue weighted by Gasteiger charge is -2.25. The normalized spacial score (nSPS) is 17.0. The minimum Gasteiger partial charge on any atom is -0.379 e. The summed E-state index contributed by atoms with van der Waals surface area (Å²) in [6.07, 6.45) is 0. The van der Waals surface area contributed by atoms with E-state index in [1.807, 2.05) is 12.1 Å². The van der Waals surface area contributed by atoms with E-state index in [2.05, 4.69) is 29.5 Å². The molecule has 21 heavy (non-hydrogen) atoms. The summed E-state index contributed by atoms with van der Waals surface area (Å²) in [5, 5.41) is 6.80. The summed E-state index contributed by atoms with van der Waals surface area (Å²) >= 11 is 6.41. The number of benzene rings is 1. The maximum absolute atomic E-state index is 6.41. The van der Waals surface area contributed by atoms with Gasteiger partial charge in [-0.2, -0.15) is 5.10 Å². The van der Waals surface area contributed by atoms with E-state index in [9.17, 15) is 0 Å². The SMILES string of the molecule is CC(C)Cn1nc(CN2CCOCC2)c2cccc(Cl)c21. The van der Waals surface area contributed by atoms with Crippen molar-refractivity contribution in [3.8, 4) is 0 Å². The third-order valence-electron chi connectivity index (χ3n) is 3.81. The molecule has 0 radical (unpaired) electrons. The van der Waals surface area contributed by atoms with Crippen molar-refractivity contribution < 1.29 is 4.74 Å². The fourth-order valence-electron chi connectivity index (χ4n) is 2.83. The van der Waals surface area contributed by atoms with Crippen molar-refractivity contribution in [2.75, 3.05) is 26.3 Å². The zero-order valence-corrected chi connectivity index (χ0v) is 13.4. The van der Waals surface area contributed by atoms with Crippen LogP contribution in [0, 0.1) is 5.92 Å². The fraction of sp³-hybridized carbons (Fsp3) is 0.562. The van der Waals surface area contributed by atoms with E-state index >= 15 is 0 Å². The number of halogens is 1. The number of ether oxygens (including phenoxy) is 1. The molecular weight excluding hydrogens is 286 g/mol. The summed E-state index contributed by atoms with van der Waals surface area (Å²) in [7, 11) is 0. The van der Waals surface area contributed by atoms with Crippen LogP contribution in [0.25, 0.3) is 10.9 Å². The summed E-state index contributed by atoms with van der Waals surface area (Å²) in [6.45, 7) is 9.72. The molecule has 0 aliphatic carbocycles. The van der Waals surface area contributed by atoms with E-state index in [1.54, 1.807) is 0 Å². The van der Waals surface area contributed by atoms with Gasteiger partial charge < -0.3 is 4.74 Å². The highest BCUT2D eigenvalue weighted by Gasteiger charge is 2.18. The van der Waals surface area contributed by atoms with Gasteiger partial charge in [0.15, 0.2) is 0 Å². The molecule has 1 aliphatic rings. The summed E-state index contributed by atoms with van der Waals surface area (Å²) in [6, 6.07) is 6.08. The minimum atomic E-state index is 0.542. The third kappa shape index (κ3) is 3.23. The summed E-state index contributed by atoms with van der Waals surface area (Å²) < 4.78 is 7.48. The Bertz CT molecular complexity index is 617. The Kier molecular flexibility index (Phi) is 4.48. The number of para-hydroxylation sites is 1. The van der Waals surface area contributed by atoms with E-state index in [-0.39, 0.29) is 0 Å². The average Bonchev–Trinajstić information content (AvgIpc) is 2.78. The molecule has 0 spiro atoms. The third-order valence-corrected chi connectivity index (χ3v) is 4.12. The first-order valence-electron chi connectivity index (χ1n) is 7.59. The number of aromatic nitrogens is 2. The van der Waals surface area contributed by atoms with Gasteiger partial charge in [0, 0.05) is 31.6 Å². The molecule has 0 atom stereocenters. The van der Waals surface area contributed by atoms with Crippen LogP contribution in [0.3, 0.4) is 0 Å². The van der Waals surface area contributed by atoms with Gasteiger partial charge in [-0.25, -0.2) is 0 Å². The van der Waals surface area contributed by atoms with Crippen LogP contribution in [0.2, 0.25) is 5.02 Å². The van der Waals surface area contributed by atoms with Gasteiger partial charge in [0.2, 0.25) is 0 Å². The van der Waals surface area contributed by atoms with Crippen molar-refractivity contribution >= 4 is 22.5 Å². The van der Waals surface area contributed by atoms with Gasteiger partial charge in [0.05, 0.1) is 29.4 Å². The van der Waals surface area contributed by atoms with Crippen LogP contribution in [0.15, 0.2) is 18.2 Å². The van der Waals surface area contributed by atoms with Crippen LogP contribution in [-0.2, 0) is 17.8 Å². The van der Waals surface area contributed by atoms with Gasteiger partial charge in [-0.3, -0.25) is 9.58 Å². The predicted molar refractivity (Wildman–Crippen MR) is 85.7 cm³/mol. The Balaban J connectivity index is 1.95. The van der Waals surface area contributed by atoms with Gasteiger partial charge in [0.1, 0.15) is 0 Å². The Morgan fingerprint density at radius 3 is 2.76 bits per heavy atom. The monoisotopic (exact) mass is 307 g/mol. The molecule has 1 aromatic heterocycles. The van der Waals surface area contributed by atoms with Gasteiger partial charge in [-0.1, -0.05) is 37.6 Å². The summed E-state index contributed by atoms with van der Waals surface area (Å²) in [5.74, 6) is 0.542. The van der Waals surface area contributed by atoms with E-state index in [4.69, 9.17) is 21.4 Å². The van der Waals surface area contributed by atoms with Crippen LogP contribution in [0.4, 0.5) is 0 Å². The van der Waals surface area contributed by atoms with E-state index < -0.39 is 0 Å². The fourth-order valence-corrected chi connectivity index (χ4v) is 3.10. The molecule has 0 bridgehead atoms. The van der Waals surface area contributed by atoms with Gasteiger partial charge in [-0.05, 0) is 12.0 Å². The van der Waals surface area contributed by atoms with Gasteiger partial charge in [-0.15, -0.1) is 0 Å². The highest BCUT2D eigenvalue weighted by atomic mass is 35.5. The summed E-state index contributed by atoms with van der Waals surface area (Å²) in [4.78, 5) is 2.39. The van der Waals surface area contributed by atoms with E-state index in [1.165, 1.54) is 5.39 Å². The molecule has 1 saturated heterocycles. The van der Waals surface area contributed by atoms with Gasteiger partial charge >= 0.3 is 0 Å². The smallest absolute Gasteiger partial charge is 0.0872 e. The number of morpholine rings is 1. The predicted octanol–water partition coefficient (Wildman–Crippen LogP) is 3.18. The lowest BCUT2D eigenvalue weighted by molar-refractivity contribution is 0.0337. The Labute approximate surface area is 130 Å². The maximum Gasteiger partial charge on any atom is 0.0872 e. The number of nitrogens with zero attached hydrogens (tertiary/aromatic N) is 3. The first kappa shape index (κ1) is 14.8. The molecule has 0 N–H and O–H groups in total. The Morgan fingerprint density at radius 2 is 2.05 bits per heavy atom. The standard InChI is InChI=1S/C16H22ClN3O/c1-12(2)10-20-16-13(4-3-5-14(16)17)15(18-20)11-19-6-8-21-9-7-19/h3-5,12H,6-11H2,1-2H3. The number of hydrogen-bond donors (Lipinski definition) is 0. The molecule has 1 aromatic carbocycles.